The molecule has 2 aliphatic carbocycles. The van der Waals surface area contributed by atoms with Crippen LogP contribution >= 0.6 is 0 Å². The van der Waals surface area contributed by atoms with Crippen LogP contribution in [0.25, 0.3) is 34.4 Å². The number of hydrogen-bond acceptors (Lipinski definition) is 0. The van der Waals surface area contributed by atoms with Crippen molar-refractivity contribution in [2.45, 2.75) is 64.7 Å². The highest BCUT2D eigenvalue weighted by molar-refractivity contribution is 6.81. The summed E-state index contributed by atoms with van der Waals surface area (Å²) in [7, 11) is -1.91. The van der Waals surface area contributed by atoms with E-state index in [9.17, 15) is 0 Å². The van der Waals surface area contributed by atoms with Crippen molar-refractivity contribution in [1.29, 1.82) is 0 Å². The van der Waals surface area contributed by atoms with E-state index in [2.05, 4.69) is 138 Å². The summed E-state index contributed by atoms with van der Waals surface area (Å²) in [6, 6.07) is 32.2. The standard InChI is InChI=1S/C38H40Si/c1-7-27-23-35-31(29-19-15-25(3)16-20-29)11-9-13-33(35)37(27)39(5,6)38-28(8-2)24-36-32(12-10-14-34(36)38)30-21-17-26(4)18-22-30/h9-24,37-38H,7-8H2,1-6H3. The summed E-state index contributed by atoms with van der Waals surface area (Å²) in [5, 5.41) is 0. The lowest BCUT2D eigenvalue weighted by atomic mass is 9.96. The van der Waals surface area contributed by atoms with Gasteiger partial charge in [0.25, 0.3) is 0 Å². The van der Waals surface area contributed by atoms with Gasteiger partial charge >= 0.3 is 0 Å². The summed E-state index contributed by atoms with van der Waals surface area (Å²) in [5.74, 6) is 0. The lowest BCUT2D eigenvalue weighted by molar-refractivity contribution is 0.898. The van der Waals surface area contributed by atoms with Gasteiger partial charge in [0.05, 0.1) is 8.07 Å². The Bertz CT molecular complexity index is 1480. The van der Waals surface area contributed by atoms with Gasteiger partial charge in [-0.3, -0.25) is 0 Å². The van der Waals surface area contributed by atoms with E-state index in [1.165, 1.54) is 44.5 Å². The summed E-state index contributed by atoms with van der Waals surface area (Å²) in [6.07, 6.45) is 7.32. The fourth-order valence-electron chi connectivity index (χ4n) is 7.43. The summed E-state index contributed by atoms with van der Waals surface area (Å²) in [4.78, 5) is 0. The van der Waals surface area contributed by atoms with Gasteiger partial charge in [-0.05, 0) is 71.2 Å². The Labute approximate surface area is 236 Å². The van der Waals surface area contributed by atoms with Crippen molar-refractivity contribution in [3.63, 3.8) is 0 Å². The van der Waals surface area contributed by atoms with Crippen LogP contribution in [0.5, 0.6) is 0 Å². The third-order valence-electron chi connectivity index (χ3n) is 9.33. The summed E-state index contributed by atoms with van der Waals surface area (Å²) in [5.41, 5.74) is 18.4. The molecule has 0 saturated heterocycles. The van der Waals surface area contributed by atoms with E-state index in [0.29, 0.717) is 11.1 Å². The molecule has 1 heteroatoms. The van der Waals surface area contributed by atoms with E-state index in [0.717, 1.165) is 12.8 Å². The van der Waals surface area contributed by atoms with Crippen molar-refractivity contribution >= 4 is 20.2 Å². The van der Waals surface area contributed by atoms with Gasteiger partial charge in [-0.2, -0.15) is 0 Å². The average molecular weight is 525 g/mol. The Kier molecular flexibility index (Phi) is 6.59. The van der Waals surface area contributed by atoms with Gasteiger partial charge in [0.2, 0.25) is 0 Å². The molecule has 2 unspecified atom stereocenters. The van der Waals surface area contributed by atoms with Crippen molar-refractivity contribution < 1.29 is 0 Å². The van der Waals surface area contributed by atoms with E-state index >= 15 is 0 Å². The first-order valence-corrected chi connectivity index (χ1v) is 17.8. The second-order valence-electron chi connectivity index (χ2n) is 12.2. The molecular weight excluding hydrogens is 485 g/mol. The normalized spacial score (nSPS) is 18.0. The van der Waals surface area contributed by atoms with Gasteiger partial charge in [0.15, 0.2) is 0 Å². The molecule has 2 atom stereocenters. The fraction of sp³-hybridized carbons (Fsp3) is 0.263. The van der Waals surface area contributed by atoms with Crippen LogP contribution in [0.4, 0.5) is 0 Å². The predicted molar refractivity (Wildman–Crippen MR) is 173 cm³/mol. The molecule has 0 aromatic heterocycles. The van der Waals surface area contributed by atoms with Gasteiger partial charge in [0, 0.05) is 11.1 Å². The Hall–Kier alpha value is -3.42. The van der Waals surface area contributed by atoms with Crippen LogP contribution in [-0.2, 0) is 0 Å². The number of benzene rings is 4. The van der Waals surface area contributed by atoms with Crippen LogP contribution in [0.1, 0.15) is 71.2 Å². The van der Waals surface area contributed by atoms with Crippen LogP contribution in [-0.4, -0.2) is 8.07 Å². The molecule has 0 N–H and O–H groups in total. The molecule has 196 valence electrons. The molecule has 2 aliphatic rings. The quantitative estimate of drug-likeness (QED) is 0.220. The molecule has 4 aromatic rings. The monoisotopic (exact) mass is 524 g/mol. The minimum Gasteiger partial charge on any atom is -0.0679 e. The van der Waals surface area contributed by atoms with Crippen LogP contribution in [0.15, 0.2) is 96.1 Å². The SMILES string of the molecule is CCC1=Cc2c(-c3ccc(C)cc3)cccc2C1[Si](C)(C)C1C(CC)=Cc2c(-c3ccc(C)cc3)cccc21. The van der Waals surface area contributed by atoms with Crippen LogP contribution in [0.2, 0.25) is 13.1 Å². The van der Waals surface area contributed by atoms with Crippen LogP contribution in [0, 0.1) is 13.8 Å². The zero-order valence-electron chi connectivity index (χ0n) is 24.3. The zero-order valence-corrected chi connectivity index (χ0v) is 25.3. The van der Waals surface area contributed by atoms with Gasteiger partial charge in [0.1, 0.15) is 0 Å². The molecule has 0 bridgehead atoms. The van der Waals surface area contributed by atoms with E-state index in [4.69, 9.17) is 0 Å². The Morgan fingerprint density at radius 1 is 0.538 bits per heavy atom. The smallest absolute Gasteiger partial charge is 0.0679 e. The minimum atomic E-state index is -1.91. The maximum atomic E-state index is 2.66. The highest BCUT2D eigenvalue weighted by atomic mass is 28.3. The van der Waals surface area contributed by atoms with E-state index in [1.807, 2.05) is 0 Å². The third kappa shape index (κ3) is 4.28. The van der Waals surface area contributed by atoms with Gasteiger partial charge in [-0.1, -0.05) is 146 Å². The molecule has 39 heavy (non-hydrogen) atoms. The number of hydrogen-bond donors (Lipinski definition) is 0. The number of aryl methyl sites for hydroxylation is 2. The summed E-state index contributed by atoms with van der Waals surface area (Å²) >= 11 is 0. The maximum absolute atomic E-state index is 2.66. The topological polar surface area (TPSA) is 0 Å². The lowest BCUT2D eigenvalue weighted by Gasteiger charge is -2.40. The second kappa shape index (κ2) is 9.95. The summed E-state index contributed by atoms with van der Waals surface area (Å²) < 4.78 is 0. The Balaban J connectivity index is 1.47. The van der Waals surface area contributed by atoms with Gasteiger partial charge in [-0.15, -0.1) is 0 Å². The first-order valence-electron chi connectivity index (χ1n) is 14.6. The predicted octanol–water partition coefficient (Wildman–Crippen LogP) is 10.9. The van der Waals surface area contributed by atoms with Gasteiger partial charge < -0.3 is 0 Å². The van der Waals surface area contributed by atoms with Crippen molar-refractivity contribution in [3.05, 3.63) is 129 Å². The van der Waals surface area contributed by atoms with Crippen molar-refractivity contribution in [2.24, 2.45) is 0 Å². The first-order chi connectivity index (χ1) is 18.8. The third-order valence-corrected chi connectivity index (χ3v) is 13.7. The molecule has 0 nitrogen and oxygen atoms in total. The molecule has 0 spiro atoms. The Morgan fingerprint density at radius 2 is 0.923 bits per heavy atom. The number of rotatable bonds is 6. The fourth-order valence-corrected chi connectivity index (χ4v) is 12.4. The molecule has 0 radical (unpaired) electrons. The Morgan fingerprint density at radius 3 is 1.28 bits per heavy atom. The minimum absolute atomic E-state index is 0.525. The molecule has 0 heterocycles. The molecule has 0 fully saturated rings. The van der Waals surface area contributed by atoms with Crippen molar-refractivity contribution in [3.8, 4) is 22.3 Å². The van der Waals surface area contributed by atoms with E-state index in [-0.39, 0.29) is 0 Å². The number of fused-ring (bicyclic) bond motifs is 2. The average Bonchev–Trinajstić information content (AvgIpc) is 3.53. The molecule has 0 amide bonds. The van der Waals surface area contributed by atoms with Crippen molar-refractivity contribution in [1.82, 2.24) is 0 Å². The molecular formula is C38H40Si. The molecule has 0 aliphatic heterocycles. The maximum Gasteiger partial charge on any atom is 0.0722 e. The zero-order chi connectivity index (χ0) is 27.3. The number of allylic oxidation sites excluding steroid dienone is 2. The van der Waals surface area contributed by atoms with E-state index < -0.39 is 8.07 Å². The molecule has 6 rings (SSSR count). The van der Waals surface area contributed by atoms with Crippen molar-refractivity contribution in [2.75, 3.05) is 0 Å². The molecule has 4 aromatic carbocycles. The lowest BCUT2D eigenvalue weighted by Crippen LogP contribution is -2.42. The summed E-state index contributed by atoms with van der Waals surface area (Å²) in [6.45, 7) is 14.4. The van der Waals surface area contributed by atoms with Crippen LogP contribution < -0.4 is 0 Å². The second-order valence-corrected chi connectivity index (χ2v) is 17.0. The largest absolute Gasteiger partial charge is 0.0722 e. The van der Waals surface area contributed by atoms with Crippen LogP contribution in [0.3, 0.4) is 0 Å². The van der Waals surface area contributed by atoms with E-state index in [1.54, 1.807) is 22.3 Å². The first kappa shape index (κ1) is 25.8. The highest BCUT2D eigenvalue weighted by Gasteiger charge is 2.48. The highest BCUT2D eigenvalue weighted by Crippen LogP contribution is 2.55. The van der Waals surface area contributed by atoms with Gasteiger partial charge in [-0.25, -0.2) is 0 Å². The molecule has 0 saturated carbocycles.